The number of hydrogen-bond donors (Lipinski definition) is 0. The third kappa shape index (κ3) is 16.1. The van der Waals surface area contributed by atoms with Gasteiger partial charge in [-0.25, -0.2) is 23.3 Å². The number of fused-ring (bicyclic) bond motifs is 1. The minimum atomic E-state index is -1.77. The van der Waals surface area contributed by atoms with Gasteiger partial charge in [-0.05, 0) is 0 Å². The number of hydrogen-bond acceptors (Lipinski definition) is 0. The van der Waals surface area contributed by atoms with E-state index in [0.29, 0.717) is 0 Å². The molecule has 0 aromatic heterocycles. The van der Waals surface area contributed by atoms with Crippen LogP contribution in [-0.4, -0.2) is 0 Å². The van der Waals surface area contributed by atoms with Crippen molar-refractivity contribution in [3.63, 3.8) is 0 Å². The molecule has 0 nitrogen and oxygen atoms in total. The first kappa shape index (κ1) is 32.4. The molecule has 0 bridgehead atoms. The summed E-state index contributed by atoms with van der Waals surface area (Å²) in [6.45, 7) is 6.50. The van der Waals surface area contributed by atoms with E-state index in [4.69, 9.17) is 49.2 Å². The van der Waals surface area contributed by atoms with E-state index in [1.54, 1.807) is 0 Å². The molecule has 0 radical (unpaired) electrons. The van der Waals surface area contributed by atoms with Gasteiger partial charge in [-0.15, -0.1) is 53.4 Å². The van der Waals surface area contributed by atoms with Crippen molar-refractivity contribution in [2.75, 3.05) is 0 Å². The summed E-state index contributed by atoms with van der Waals surface area (Å²) in [5.74, 6) is 0. The molecule has 0 unspecified atom stereocenters. The van der Waals surface area contributed by atoms with Crippen molar-refractivity contribution in [1.29, 1.82) is 0 Å². The maximum atomic E-state index is 4.95. The summed E-state index contributed by atoms with van der Waals surface area (Å²) in [6, 6.07) is 12.9. The standard InChI is InChI=1S/C11H11.2C7H9.5ClH.2V/c1-2-9-7-8-10-5-3-4-6-11(9)10;2*1-2-7-5-3-4-6-7;;;;;;;/h3-8H,2H2,1H3;2*3,5H,2,4H2,1H3;5*1H;;/q3*-1;;;;;;+2;+3/p-5. The van der Waals surface area contributed by atoms with Crippen LogP contribution < -0.4 is 0 Å². The second kappa shape index (κ2) is 21.9. The molecule has 0 aliphatic heterocycles. The molecular formula is C25H29Cl5V2-3. The van der Waals surface area contributed by atoms with E-state index >= 15 is 0 Å². The van der Waals surface area contributed by atoms with Gasteiger partial charge in [0.05, 0.1) is 0 Å². The van der Waals surface area contributed by atoms with Crippen molar-refractivity contribution < 1.29 is 26.7 Å². The molecule has 2 aromatic carbocycles. The molecule has 4 rings (SSSR count). The summed E-state index contributed by atoms with van der Waals surface area (Å²) in [7, 11) is 24.6. The van der Waals surface area contributed by atoms with Crippen LogP contribution in [0.5, 0.6) is 0 Å². The first-order valence-corrected chi connectivity index (χ1v) is 19.9. The predicted molar refractivity (Wildman–Crippen MR) is 140 cm³/mol. The number of benzene rings is 1. The summed E-state index contributed by atoms with van der Waals surface area (Å²) < 4.78 is 0. The summed E-state index contributed by atoms with van der Waals surface area (Å²) >= 11 is -2.14. The molecule has 2 aliphatic carbocycles. The molecule has 32 heavy (non-hydrogen) atoms. The fourth-order valence-electron chi connectivity index (χ4n) is 2.91. The van der Waals surface area contributed by atoms with Crippen molar-refractivity contribution in [1.82, 2.24) is 0 Å². The van der Waals surface area contributed by atoms with Gasteiger partial charge in [0.25, 0.3) is 0 Å². The summed E-state index contributed by atoms with van der Waals surface area (Å²) in [5, 5.41) is 2.78. The van der Waals surface area contributed by atoms with Crippen molar-refractivity contribution in [2.24, 2.45) is 0 Å². The van der Waals surface area contributed by atoms with Gasteiger partial charge in [0.1, 0.15) is 0 Å². The Labute approximate surface area is 227 Å². The molecule has 0 atom stereocenters. The van der Waals surface area contributed by atoms with Gasteiger partial charge >= 0.3 is 75.9 Å². The second-order valence-corrected chi connectivity index (χ2v) is 15.6. The van der Waals surface area contributed by atoms with Gasteiger partial charge in [-0.2, -0.15) is 18.2 Å². The Bertz CT molecular complexity index is 818. The zero-order valence-electron chi connectivity index (χ0n) is 18.6. The van der Waals surface area contributed by atoms with Crippen LogP contribution >= 0.6 is 49.2 Å². The Kier molecular flexibility index (Phi) is 22.2. The van der Waals surface area contributed by atoms with E-state index in [1.807, 2.05) is 0 Å². The van der Waals surface area contributed by atoms with Crippen LogP contribution in [0.15, 0.2) is 71.8 Å². The number of rotatable bonds is 3. The van der Waals surface area contributed by atoms with E-state index in [1.165, 1.54) is 27.5 Å². The Balaban J connectivity index is 0.000000405. The summed E-state index contributed by atoms with van der Waals surface area (Å²) in [6.07, 6.45) is 20.4. The normalized spacial score (nSPS) is 12.9. The van der Waals surface area contributed by atoms with Crippen molar-refractivity contribution in [2.45, 2.75) is 52.9 Å². The molecule has 0 fully saturated rings. The molecule has 7 heteroatoms. The van der Waals surface area contributed by atoms with Crippen molar-refractivity contribution in [3.05, 3.63) is 89.6 Å². The molecule has 2 aliphatic rings. The predicted octanol–water partition coefficient (Wildman–Crippen LogP) is 10.7. The van der Waals surface area contributed by atoms with Crippen molar-refractivity contribution in [3.8, 4) is 0 Å². The van der Waals surface area contributed by atoms with Gasteiger partial charge < -0.3 is 0 Å². The molecule has 0 amide bonds. The van der Waals surface area contributed by atoms with Gasteiger partial charge in [0.15, 0.2) is 0 Å². The monoisotopic (exact) mass is 606 g/mol. The van der Waals surface area contributed by atoms with Crippen LogP contribution in [0.2, 0.25) is 0 Å². The van der Waals surface area contributed by atoms with E-state index in [-0.39, 0.29) is 14.4 Å². The van der Waals surface area contributed by atoms with Crippen molar-refractivity contribution >= 4 is 60.0 Å². The Morgan fingerprint density at radius 1 is 0.875 bits per heavy atom. The summed E-state index contributed by atoms with van der Waals surface area (Å²) in [4.78, 5) is 0. The SMILES string of the molecule is CCC1=[C-]CC=C1.CCC1=[C-]CC=C1.CC[c-]1ccc2ccccc21.[Cl][V]([Cl])[Cl].[Cl][V][Cl]. The van der Waals surface area contributed by atoms with Crippen LogP contribution in [0.25, 0.3) is 10.8 Å². The zero-order chi connectivity index (χ0) is 24.2. The average molecular weight is 609 g/mol. The first-order valence-electron chi connectivity index (χ1n) is 10.3. The van der Waals surface area contributed by atoms with Gasteiger partial charge in [-0.1, -0.05) is 46.1 Å². The molecule has 0 heterocycles. The molecule has 2 aromatic rings. The van der Waals surface area contributed by atoms with Gasteiger partial charge in [-0.3, -0.25) is 12.2 Å². The topological polar surface area (TPSA) is 0 Å². The number of allylic oxidation sites excluding steroid dienone is 8. The van der Waals surface area contributed by atoms with Crippen LogP contribution in [0.3, 0.4) is 0 Å². The Morgan fingerprint density at radius 2 is 1.34 bits per heavy atom. The van der Waals surface area contributed by atoms with Crippen LogP contribution in [0, 0.1) is 12.2 Å². The molecule has 0 N–H and O–H groups in total. The van der Waals surface area contributed by atoms with Crippen LogP contribution in [0.1, 0.15) is 52.0 Å². The molecule has 0 spiro atoms. The molecule has 177 valence electrons. The maximum absolute atomic E-state index is 4.95. The Morgan fingerprint density at radius 3 is 1.69 bits per heavy atom. The van der Waals surface area contributed by atoms with Gasteiger partial charge in [0, 0.05) is 0 Å². The van der Waals surface area contributed by atoms with E-state index in [2.05, 4.69) is 93.6 Å². The third-order valence-electron chi connectivity index (χ3n) is 4.45. The fourth-order valence-corrected chi connectivity index (χ4v) is 2.91. The number of aryl methyl sites for hydroxylation is 1. The summed E-state index contributed by atoms with van der Waals surface area (Å²) in [5.41, 5.74) is 4.18. The minimum absolute atomic E-state index is 0.368. The second-order valence-electron chi connectivity index (χ2n) is 6.38. The van der Waals surface area contributed by atoms with E-state index in [9.17, 15) is 0 Å². The van der Waals surface area contributed by atoms with Crippen LogP contribution in [-0.2, 0) is 33.1 Å². The fraction of sp³-hybridized carbons (Fsp3) is 0.320. The molecular weight excluding hydrogens is 579 g/mol. The molecule has 0 saturated carbocycles. The molecule has 0 saturated heterocycles. The number of halogens is 5. The quantitative estimate of drug-likeness (QED) is 0.304. The average Bonchev–Trinajstić information content (AvgIpc) is 3.56. The first-order chi connectivity index (χ1) is 15.4. The zero-order valence-corrected chi connectivity index (χ0v) is 25.2. The van der Waals surface area contributed by atoms with Crippen LogP contribution in [0.4, 0.5) is 0 Å². The third-order valence-corrected chi connectivity index (χ3v) is 4.45. The van der Waals surface area contributed by atoms with E-state index < -0.39 is 12.3 Å². The Hall–Kier alpha value is 0.409. The van der Waals surface area contributed by atoms with E-state index in [0.717, 1.165) is 32.1 Å². The van der Waals surface area contributed by atoms with Gasteiger partial charge in [0.2, 0.25) is 0 Å².